The summed E-state index contributed by atoms with van der Waals surface area (Å²) in [6.07, 6.45) is 0. The van der Waals surface area contributed by atoms with Gasteiger partial charge < -0.3 is 0 Å². The molecule has 0 fully saturated rings. The summed E-state index contributed by atoms with van der Waals surface area (Å²) in [6, 6.07) is 0. The normalized spacial score (nSPS) is 22.3. The summed E-state index contributed by atoms with van der Waals surface area (Å²) in [7, 11) is -1.36. The maximum absolute atomic E-state index is 2.51. The quantitative estimate of drug-likeness (QED) is 0.522. The molecule has 0 unspecified atom stereocenters. The van der Waals surface area contributed by atoms with Crippen molar-refractivity contribution in [2.75, 3.05) is 0 Å². The maximum atomic E-state index is 2.51. The second-order valence-electron chi connectivity index (χ2n) is 7.77. The minimum atomic E-state index is -1.36. The second kappa shape index (κ2) is 4.92. The topological polar surface area (TPSA) is 0 Å². The van der Waals surface area contributed by atoms with Gasteiger partial charge in [0.2, 0.25) is 0 Å². The minimum Gasteiger partial charge on any atom is -0.107 e. The van der Waals surface area contributed by atoms with Crippen LogP contribution in [-0.4, -0.2) is 16.2 Å². The van der Waals surface area contributed by atoms with Gasteiger partial charge in [0.1, 0.15) is 0 Å². The van der Waals surface area contributed by atoms with E-state index in [0.29, 0.717) is 0 Å². The third-order valence-electron chi connectivity index (χ3n) is 3.69. The monoisotopic (exact) mass is 372 g/mol. The molecule has 0 saturated heterocycles. The number of rotatable bonds is 1. The Morgan fingerprint density at radius 3 is 1.33 bits per heavy atom. The second-order valence-corrected chi connectivity index (χ2v) is 19.8. The summed E-state index contributed by atoms with van der Waals surface area (Å²) in [4.78, 5) is 6.39. The van der Waals surface area contributed by atoms with Gasteiger partial charge in [-0.25, -0.2) is 0 Å². The van der Waals surface area contributed by atoms with Crippen LogP contribution >= 0.6 is 47.0 Å². The first-order chi connectivity index (χ1) is 9.41. The molecule has 5 heteroatoms. The molecular weight excluding hydrogens is 349 g/mol. The lowest BCUT2D eigenvalue weighted by Gasteiger charge is -2.25. The predicted molar refractivity (Wildman–Crippen MR) is 106 cm³/mol. The van der Waals surface area contributed by atoms with Crippen molar-refractivity contribution in [1.29, 1.82) is 0 Å². The van der Waals surface area contributed by atoms with E-state index in [0.717, 1.165) is 0 Å². The molecule has 3 rings (SSSR count). The first-order valence-electron chi connectivity index (χ1n) is 7.38. The van der Waals surface area contributed by atoms with E-state index in [1.165, 1.54) is 5.56 Å². The fourth-order valence-corrected chi connectivity index (χ4v) is 12.6. The van der Waals surface area contributed by atoms with Crippen LogP contribution in [0.5, 0.6) is 0 Å². The van der Waals surface area contributed by atoms with Gasteiger partial charge >= 0.3 is 0 Å². The Kier molecular flexibility index (Phi) is 3.91. The molecule has 0 atom stereocenters. The van der Waals surface area contributed by atoms with Crippen molar-refractivity contribution < 1.29 is 0 Å². The van der Waals surface area contributed by atoms with Crippen LogP contribution in [0.1, 0.15) is 33.3 Å². The predicted octanol–water partition coefficient (Wildman–Crippen LogP) is 6.41. The van der Waals surface area contributed by atoms with E-state index in [1.54, 1.807) is 24.8 Å². The highest BCUT2D eigenvalue weighted by Crippen LogP contribution is 2.63. The average Bonchev–Trinajstić information content (AvgIpc) is 2.72. The molecule has 2 aliphatic rings. The van der Waals surface area contributed by atoms with Crippen molar-refractivity contribution in [3.8, 4) is 0 Å². The fraction of sp³-hybridized carbons (Fsp3) is 0.625. The van der Waals surface area contributed by atoms with E-state index in [4.69, 9.17) is 0 Å². The van der Waals surface area contributed by atoms with Crippen LogP contribution in [-0.2, 0) is 0 Å². The molecular formula is C16H24S4Si. The van der Waals surface area contributed by atoms with Gasteiger partial charge in [0, 0.05) is 19.6 Å². The Hall–Kier alpha value is 0.837. The highest BCUT2D eigenvalue weighted by molar-refractivity contribution is 8.22. The van der Waals surface area contributed by atoms with Crippen LogP contribution < -0.4 is 5.19 Å². The molecule has 0 amide bonds. The Balaban J connectivity index is 2.31. The molecule has 21 heavy (non-hydrogen) atoms. The van der Waals surface area contributed by atoms with Crippen molar-refractivity contribution in [3.05, 3.63) is 5.56 Å². The lowest BCUT2D eigenvalue weighted by atomic mass is 10.2. The number of fused-ring (bicyclic) bond motifs is 2. The van der Waals surface area contributed by atoms with Gasteiger partial charge in [-0.1, -0.05) is 19.6 Å². The van der Waals surface area contributed by atoms with E-state index in [1.807, 2.05) is 0 Å². The average molecular weight is 373 g/mol. The van der Waals surface area contributed by atoms with Crippen molar-refractivity contribution in [2.24, 2.45) is 0 Å². The van der Waals surface area contributed by atoms with E-state index in [9.17, 15) is 0 Å². The molecule has 0 radical (unpaired) electrons. The zero-order chi connectivity index (χ0) is 15.8. The lowest BCUT2D eigenvalue weighted by molar-refractivity contribution is 1.03. The Morgan fingerprint density at radius 1 is 0.667 bits per heavy atom. The minimum absolute atomic E-state index is 0.279. The molecule has 0 spiro atoms. The maximum Gasteiger partial charge on any atom is 0.0806 e. The third-order valence-corrected chi connectivity index (χ3v) is 11.9. The SMILES string of the molecule is Cc1c2c(c([Si](C)(C)C)c3c1SC(C)(C)S3)SC(C)(C)S2. The van der Waals surface area contributed by atoms with Crippen LogP contribution in [0.4, 0.5) is 0 Å². The molecule has 0 aromatic heterocycles. The van der Waals surface area contributed by atoms with Crippen LogP contribution in [0.3, 0.4) is 0 Å². The molecule has 0 saturated carbocycles. The van der Waals surface area contributed by atoms with Crippen molar-refractivity contribution >= 4 is 60.3 Å². The Morgan fingerprint density at radius 2 is 1.00 bits per heavy atom. The van der Waals surface area contributed by atoms with Crippen LogP contribution in [0, 0.1) is 6.92 Å². The summed E-state index contributed by atoms with van der Waals surface area (Å²) < 4.78 is 0.558. The van der Waals surface area contributed by atoms with Gasteiger partial charge in [0.05, 0.1) is 16.2 Å². The molecule has 0 aliphatic carbocycles. The largest absolute Gasteiger partial charge is 0.107 e. The fourth-order valence-electron chi connectivity index (χ4n) is 2.92. The van der Waals surface area contributed by atoms with Crippen molar-refractivity contribution in [3.63, 3.8) is 0 Å². The number of benzene rings is 1. The lowest BCUT2D eigenvalue weighted by Crippen LogP contribution is -2.41. The Bertz CT molecular complexity index is 581. The highest BCUT2D eigenvalue weighted by Gasteiger charge is 2.43. The molecule has 0 bridgehead atoms. The summed E-state index contributed by atoms with van der Waals surface area (Å²) in [5.74, 6) is 0. The zero-order valence-corrected chi connectivity index (χ0v) is 18.4. The summed E-state index contributed by atoms with van der Waals surface area (Å²) in [6.45, 7) is 19.3. The summed E-state index contributed by atoms with van der Waals surface area (Å²) >= 11 is 8.36. The van der Waals surface area contributed by atoms with Gasteiger partial charge in [0.25, 0.3) is 0 Å². The summed E-state index contributed by atoms with van der Waals surface area (Å²) in [5, 5.41) is 1.73. The number of hydrogen-bond donors (Lipinski definition) is 0. The van der Waals surface area contributed by atoms with Gasteiger partial charge in [-0.05, 0) is 45.4 Å². The van der Waals surface area contributed by atoms with E-state index in [-0.39, 0.29) is 8.16 Å². The zero-order valence-electron chi connectivity index (χ0n) is 14.1. The first kappa shape index (κ1) is 16.7. The summed E-state index contributed by atoms with van der Waals surface area (Å²) in [5.41, 5.74) is 1.54. The Labute approximate surface area is 147 Å². The van der Waals surface area contributed by atoms with Crippen molar-refractivity contribution in [2.45, 2.75) is 82.0 Å². The molecule has 2 aliphatic heterocycles. The molecule has 2 heterocycles. The van der Waals surface area contributed by atoms with E-state index < -0.39 is 8.07 Å². The molecule has 0 nitrogen and oxygen atoms in total. The van der Waals surface area contributed by atoms with Crippen LogP contribution in [0.2, 0.25) is 19.6 Å². The van der Waals surface area contributed by atoms with Crippen LogP contribution in [0.25, 0.3) is 0 Å². The van der Waals surface area contributed by atoms with Crippen molar-refractivity contribution in [1.82, 2.24) is 0 Å². The van der Waals surface area contributed by atoms with Crippen LogP contribution in [0.15, 0.2) is 19.6 Å². The number of hydrogen-bond acceptors (Lipinski definition) is 4. The highest BCUT2D eigenvalue weighted by atomic mass is 32.2. The van der Waals surface area contributed by atoms with E-state index in [2.05, 4.69) is 101 Å². The van der Waals surface area contributed by atoms with Gasteiger partial charge in [-0.2, -0.15) is 0 Å². The van der Waals surface area contributed by atoms with Gasteiger partial charge in [-0.15, -0.1) is 47.0 Å². The molecule has 1 aromatic carbocycles. The van der Waals surface area contributed by atoms with E-state index >= 15 is 0 Å². The van der Waals surface area contributed by atoms with Gasteiger partial charge in [-0.3, -0.25) is 0 Å². The molecule has 116 valence electrons. The molecule has 0 N–H and O–H groups in total. The first-order valence-corrected chi connectivity index (χ1v) is 14.1. The third kappa shape index (κ3) is 2.86. The molecule has 1 aromatic rings. The van der Waals surface area contributed by atoms with Gasteiger partial charge in [0.15, 0.2) is 0 Å². The standard InChI is InChI=1S/C16H24S4Si/c1-9-10-12(19-15(2,3)17-10)14(21(6,7)8)13-11(9)18-16(4,5)20-13/h1-8H3. The number of thioether (sulfide) groups is 4. The smallest absolute Gasteiger partial charge is 0.0806 e.